The Bertz CT molecular complexity index is 958. The zero-order valence-electron chi connectivity index (χ0n) is 12.5. The fraction of sp³-hybridized carbons (Fsp3) is 0.0625. The van der Waals surface area contributed by atoms with Gasteiger partial charge in [0.05, 0.1) is 5.69 Å². The van der Waals surface area contributed by atoms with Gasteiger partial charge in [-0.05, 0) is 36.4 Å². The number of rotatable bonds is 4. The first kappa shape index (κ1) is 14.7. The normalized spacial score (nSPS) is 11.2. The van der Waals surface area contributed by atoms with Gasteiger partial charge in [0, 0.05) is 23.7 Å². The van der Waals surface area contributed by atoms with Crippen LogP contribution >= 0.6 is 11.8 Å². The van der Waals surface area contributed by atoms with E-state index in [1.54, 1.807) is 12.1 Å². The zero-order valence-corrected chi connectivity index (χ0v) is 13.3. The molecule has 0 amide bonds. The number of nitrogens with two attached hydrogens (primary N) is 1. The molecule has 0 saturated heterocycles. The SMILES string of the molecule is Nn1c(SCc2cn3ccccc3n2)nnc1-c1ccc(F)cc1. The monoisotopic (exact) mass is 340 g/mol. The molecule has 0 aliphatic rings. The summed E-state index contributed by atoms with van der Waals surface area (Å²) in [6.45, 7) is 0. The van der Waals surface area contributed by atoms with Crippen LogP contribution in [0.2, 0.25) is 0 Å². The van der Waals surface area contributed by atoms with Crippen LogP contribution in [0.15, 0.2) is 60.0 Å². The molecule has 0 aliphatic heterocycles. The second-order valence-corrected chi connectivity index (χ2v) is 6.11. The summed E-state index contributed by atoms with van der Waals surface area (Å²) < 4.78 is 16.4. The molecule has 3 aromatic heterocycles. The number of pyridine rings is 1. The molecule has 6 nitrogen and oxygen atoms in total. The molecule has 0 radical (unpaired) electrons. The minimum atomic E-state index is -0.303. The number of hydrogen-bond donors (Lipinski definition) is 1. The van der Waals surface area contributed by atoms with Gasteiger partial charge in [-0.15, -0.1) is 10.2 Å². The Morgan fingerprint density at radius 3 is 2.71 bits per heavy atom. The lowest BCUT2D eigenvalue weighted by Gasteiger charge is -2.03. The van der Waals surface area contributed by atoms with Gasteiger partial charge in [0.25, 0.3) is 0 Å². The number of imidazole rings is 1. The Hall–Kier alpha value is -2.87. The average Bonchev–Trinajstić information content (AvgIpc) is 3.17. The van der Waals surface area contributed by atoms with Crippen molar-refractivity contribution in [2.75, 3.05) is 5.84 Å². The predicted octanol–water partition coefficient (Wildman–Crippen LogP) is 2.74. The van der Waals surface area contributed by atoms with Crippen LogP contribution in [-0.2, 0) is 5.75 Å². The van der Waals surface area contributed by atoms with Crippen molar-refractivity contribution in [1.82, 2.24) is 24.3 Å². The summed E-state index contributed by atoms with van der Waals surface area (Å²) in [6.07, 6.45) is 3.93. The molecule has 1 aromatic carbocycles. The van der Waals surface area contributed by atoms with Gasteiger partial charge in [0.15, 0.2) is 5.82 Å². The minimum absolute atomic E-state index is 0.303. The second-order valence-electron chi connectivity index (χ2n) is 5.17. The van der Waals surface area contributed by atoms with E-state index in [4.69, 9.17) is 5.84 Å². The van der Waals surface area contributed by atoms with Crippen LogP contribution in [0, 0.1) is 5.82 Å². The number of thioether (sulfide) groups is 1. The molecule has 0 saturated carbocycles. The van der Waals surface area contributed by atoms with Crippen molar-refractivity contribution in [2.24, 2.45) is 0 Å². The fourth-order valence-electron chi connectivity index (χ4n) is 2.37. The lowest BCUT2D eigenvalue weighted by Crippen LogP contribution is -2.11. The lowest BCUT2D eigenvalue weighted by molar-refractivity contribution is 0.628. The number of halogens is 1. The van der Waals surface area contributed by atoms with Gasteiger partial charge in [-0.25, -0.2) is 14.1 Å². The molecule has 3 heterocycles. The van der Waals surface area contributed by atoms with Crippen LogP contribution in [0.4, 0.5) is 4.39 Å². The number of nitrogens with zero attached hydrogens (tertiary/aromatic N) is 5. The topological polar surface area (TPSA) is 74.0 Å². The van der Waals surface area contributed by atoms with E-state index in [2.05, 4.69) is 15.2 Å². The molecule has 120 valence electrons. The number of benzene rings is 1. The summed E-state index contributed by atoms with van der Waals surface area (Å²) in [6, 6.07) is 11.8. The molecule has 4 rings (SSSR count). The maximum absolute atomic E-state index is 13.0. The fourth-order valence-corrected chi connectivity index (χ4v) is 3.11. The zero-order chi connectivity index (χ0) is 16.5. The number of nitrogen functional groups attached to an aromatic ring is 1. The van der Waals surface area contributed by atoms with E-state index in [9.17, 15) is 4.39 Å². The van der Waals surface area contributed by atoms with Gasteiger partial charge < -0.3 is 10.2 Å². The molecule has 2 N–H and O–H groups in total. The van der Waals surface area contributed by atoms with Crippen LogP contribution in [0.25, 0.3) is 17.0 Å². The maximum Gasteiger partial charge on any atom is 0.210 e. The third-order valence-corrected chi connectivity index (χ3v) is 4.51. The Morgan fingerprint density at radius 2 is 1.92 bits per heavy atom. The molecule has 4 aromatic rings. The quantitative estimate of drug-likeness (QED) is 0.457. The first-order chi connectivity index (χ1) is 11.7. The van der Waals surface area contributed by atoms with Crippen molar-refractivity contribution >= 4 is 17.4 Å². The lowest BCUT2D eigenvalue weighted by atomic mass is 10.2. The van der Waals surface area contributed by atoms with Gasteiger partial charge >= 0.3 is 0 Å². The molecular weight excluding hydrogens is 327 g/mol. The maximum atomic E-state index is 13.0. The molecule has 24 heavy (non-hydrogen) atoms. The highest BCUT2D eigenvalue weighted by Gasteiger charge is 2.13. The second kappa shape index (κ2) is 5.97. The Balaban J connectivity index is 1.54. The molecule has 0 unspecified atom stereocenters. The highest BCUT2D eigenvalue weighted by atomic mass is 32.2. The van der Waals surface area contributed by atoms with E-state index in [0.29, 0.717) is 22.3 Å². The minimum Gasteiger partial charge on any atom is -0.335 e. The first-order valence-electron chi connectivity index (χ1n) is 7.22. The summed E-state index contributed by atoms with van der Waals surface area (Å²) >= 11 is 1.45. The first-order valence-corrected chi connectivity index (χ1v) is 8.21. The Labute approximate surface area is 141 Å². The van der Waals surface area contributed by atoms with E-state index in [0.717, 1.165) is 11.3 Å². The molecule has 0 bridgehead atoms. The van der Waals surface area contributed by atoms with Gasteiger partial charge in [0.2, 0.25) is 5.16 Å². The van der Waals surface area contributed by atoms with Crippen molar-refractivity contribution in [3.8, 4) is 11.4 Å². The van der Waals surface area contributed by atoms with E-state index < -0.39 is 0 Å². The Morgan fingerprint density at radius 1 is 1.08 bits per heavy atom. The van der Waals surface area contributed by atoms with E-state index in [1.807, 2.05) is 35.0 Å². The summed E-state index contributed by atoms with van der Waals surface area (Å²) in [5.41, 5.74) is 2.54. The van der Waals surface area contributed by atoms with Crippen LogP contribution in [0.3, 0.4) is 0 Å². The summed E-state index contributed by atoms with van der Waals surface area (Å²) in [5, 5.41) is 8.77. The molecule has 8 heteroatoms. The highest BCUT2D eigenvalue weighted by Crippen LogP contribution is 2.24. The van der Waals surface area contributed by atoms with E-state index in [-0.39, 0.29) is 5.82 Å². The molecule has 0 fully saturated rings. The molecule has 0 spiro atoms. The van der Waals surface area contributed by atoms with E-state index in [1.165, 1.54) is 28.6 Å². The summed E-state index contributed by atoms with van der Waals surface area (Å²) in [4.78, 5) is 4.53. The van der Waals surface area contributed by atoms with Crippen molar-refractivity contribution in [2.45, 2.75) is 10.9 Å². The van der Waals surface area contributed by atoms with Gasteiger partial charge in [-0.1, -0.05) is 17.8 Å². The molecule has 0 atom stereocenters. The third-order valence-electron chi connectivity index (χ3n) is 3.53. The summed E-state index contributed by atoms with van der Waals surface area (Å²) in [7, 11) is 0. The van der Waals surface area contributed by atoms with Crippen molar-refractivity contribution in [1.29, 1.82) is 0 Å². The van der Waals surface area contributed by atoms with Gasteiger partial charge in [-0.2, -0.15) is 0 Å². The third kappa shape index (κ3) is 2.71. The number of aromatic nitrogens is 5. The number of fused-ring (bicyclic) bond motifs is 1. The smallest absolute Gasteiger partial charge is 0.210 e. The standard InChI is InChI=1S/C16H13FN6S/c17-12-6-4-11(5-7-12)15-20-21-16(23(15)18)24-10-13-9-22-8-2-1-3-14(22)19-13/h1-9H,10,18H2. The molecular formula is C16H13FN6S. The van der Waals surface area contributed by atoms with Crippen LogP contribution < -0.4 is 5.84 Å². The van der Waals surface area contributed by atoms with Crippen LogP contribution in [0.5, 0.6) is 0 Å². The Kier molecular flexibility index (Phi) is 3.66. The predicted molar refractivity (Wildman–Crippen MR) is 90.3 cm³/mol. The van der Waals surface area contributed by atoms with Crippen molar-refractivity contribution in [3.05, 3.63) is 66.4 Å². The van der Waals surface area contributed by atoms with Crippen LogP contribution in [0.1, 0.15) is 5.69 Å². The summed E-state index contributed by atoms with van der Waals surface area (Å²) in [5.74, 6) is 6.88. The number of hydrogen-bond acceptors (Lipinski definition) is 5. The van der Waals surface area contributed by atoms with E-state index >= 15 is 0 Å². The average molecular weight is 340 g/mol. The largest absolute Gasteiger partial charge is 0.335 e. The van der Waals surface area contributed by atoms with Gasteiger partial charge in [0.1, 0.15) is 11.5 Å². The highest BCUT2D eigenvalue weighted by molar-refractivity contribution is 7.98. The van der Waals surface area contributed by atoms with Crippen LogP contribution in [-0.4, -0.2) is 24.3 Å². The van der Waals surface area contributed by atoms with Crippen molar-refractivity contribution in [3.63, 3.8) is 0 Å². The molecule has 0 aliphatic carbocycles. The van der Waals surface area contributed by atoms with Gasteiger partial charge in [-0.3, -0.25) is 0 Å². The van der Waals surface area contributed by atoms with Crippen molar-refractivity contribution < 1.29 is 4.39 Å².